The number of anilines is 1. The van der Waals surface area contributed by atoms with Gasteiger partial charge in [-0.2, -0.15) is 0 Å². The van der Waals surface area contributed by atoms with Crippen LogP contribution in [-0.4, -0.2) is 26.4 Å². The quantitative estimate of drug-likeness (QED) is 0.294. The summed E-state index contributed by atoms with van der Waals surface area (Å²) in [4.78, 5) is 12.4. The van der Waals surface area contributed by atoms with Crippen LogP contribution < -0.4 is 10.1 Å². The molecule has 6 nitrogen and oxygen atoms in total. The maximum absolute atomic E-state index is 12.4. The van der Waals surface area contributed by atoms with Crippen LogP contribution in [0.1, 0.15) is 22.5 Å². The van der Waals surface area contributed by atoms with Crippen LogP contribution in [0.2, 0.25) is 10.0 Å². The van der Waals surface area contributed by atoms with E-state index in [0.717, 1.165) is 21.7 Å². The van der Waals surface area contributed by atoms with Crippen LogP contribution in [-0.2, 0) is 17.9 Å². The Hall–Kier alpha value is -2.48. The lowest BCUT2D eigenvalue weighted by Gasteiger charge is -2.11. The molecule has 168 valence electrons. The third-order valence-corrected chi connectivity index (χ3v) is 6.49. The molecule has 0 aliphatic rings. The number of ether oxygens (including phenoxy) is 1. The van der Waals surface area contributed by atoms with Gasteiger partial charge in [-0.05, 0) is 61.7 Å². The van der Waals surface area contributed by atoms with E-state index in [1.54, 1.807) is 18.2 Å². The fourth-order valence-electron chi connectivity index (χ4n) is 3.03. The standard InChI is InChI=1S/C23H24Cl2N4O2S/c1-5-8-29-20(12-31-18-9-15(3)22(25)16(4)10-18)27-28-23(29)32-13-21(30)26-19-11-17(24)7-6-14(19)2/h5-7,9-11H,1,8,12-13H2,2-4H3,(H,26,30). The number of allylic oxidation sites excluding steroid dienone is 1. The molecule has 1 aromatic heterocycles. The molecule has 9 heteroatoms. The first-order chi connectivity index (χ1) is 15.3. The Kier molecular flexibility index (Phi) is 8.23. The molecule has 3 aromatic rings. The Morgan fingerprint density at radius 1 is 1.16 bits per heavy atom. The van der Waals surface area contributed by atoms with Crippen LogP contribution in [0.25, 0.3) is 0 Å². The van der Waals surface area contributed by atoms with Gasteiger partial charge in [-0.3, -0.25) is 9.36 Å². The number of carbonyl (C=O) groups excluding carboxylic acids is 1. The van der Waals surface area contributed by atoms with E-state index in [9.17, 15) is 4.79 Å². The largest absolute Gasteiger partial charge is 0.486 e. The SMILES string of the molecule is C=CCn1c(COc2cc(C)c(Cl)c(C)c2)nnc1SCC(=O)Nc1cc(Cl)ccc1C. The van der Waals surface area contributed by atoms with Crippen LogP contribution in [0.5, 0.6) is 5.75 Å². The van der Waals surface area contributed by atoms with E-state index < -0.39 is 0 Å². The van der Waals surface area contributed by atoms with Crippen LogP contribution in [0.4, 0.5) is 5.69 Å². The maximum atomic E-state index is 12.4. The van der Waals surface area contributed by atoms with Crippen molar-refractivity contribution in [3.8, 4) is 5.75 Å². The normalized spacial score (nSPS) is 10.8. The number of aromatic nitrogens is 3. The molecule has 0 saturated heterocycles. The summed E-state index contributed by atoms with van der Waals surface area (Å²) in [6.07, 6.45) is 1.75. The molecular weight excluding hydrogens is 467 g/mol. The minimum atomic E-state index is -0.154. The highest BCUT2D eigenvalue weighted by atomic mass is 35.5. The van der Waals surface area contributed by atoms with Crippen molar-refractivity contribution < 1.29 is 9.53 Å². The fourth-order valence-corrected chi connectivity index (χ4v) is 4.08. The number of hydrogen-bond donors (Lipinski definition) is 1. The van der Waals surface area contributed by atoms with Gasteiger partial charge >= 0.3 is 0 Å². The first kappa shape index (κ1) is 24.2. The smallest absolute Gasteiger partial charge is 0.234 e. The second kappa shape index (κ2) is 10.9. The third kappa shape index (κ3) is 6.06. The lowest BCUT2D eigenvalue weighted by molar-refractivity contribution is -0.113. The lowest BCUT2D eigenvalue weighted by atomic mass is 10.1. The summed E-state index contributed by atoms with van der Waals surface area (Å²) in [6.45, 7) is 10.3. The molecule has 0 spiro atoms. The summed E-state index contributed by atoms with van der Waals surface area (Å²) in [7, 11) is 0. The molecule has 0 aliphatic heterocycles. The summed E-state index contributed by atoms with van der Waals surface area (Å²) >= 11 is 13.6. The number of nitrogens with zero attached hydrogens (tertiary/aromatic N) is 3. The Labute approximate surface area is 202 Å². The number of thioether (sulfide) groups is 1. The predicted octanol–water partition coefficient (Wildman–Crippen LogP) is 6.01. The predicted molar refractivity (Wildman–Crippen MR) is 131 cm³/mol. The van der Waals surface area contributed by atoms with Gasteiger partial charge in [-0.1, -0.05) is 47.1 Å². The summed E-state index contributed by atoms with van der Waals surface area (Å²) in [5.74, 6) is 1.38. The number of carbonyl (C=O) groups is 1. The van der Waals surface area contributed by atoms with E-state index >= 15 is 0 Å². The average molecular weight is 491 g/mol. The van der Waals surface area contributed by atoms with Gasteiger partial charge in [0.05, 0.1) is 5.75 Å². The van der Waals surface area contributed by atoms with Gasteiger partial charge in [0, 0.05) is 22.3 Å². The summed E-state index contributed by atoms with van der Waals surface area (Å²) in [6, 6.07) is 9.16. The van der Waals surface area contributed by atoms with Crippen molar-refractivity contribution in [2.75, 3.05) is 11.1 Å². The molecule has 0 bridgehead atoms. The van der Waals surface area contributed by atoms with E-state index in [-0.39, 0.29) is 18.3 Å². The van der Waals surface area contributed by atoms with E-state index in [1.165, 1.54) is 11.8 Å². The molecule has 0 radical (unpaired) electrons. The van der Waals surface area contributed by atoms with Crippen LogP contribution >= 0.6 is 35.0 Å². The molecule has 0 unspecified atom stereocenters. The third-order valence-electron chi connectivity index (χ3n) is 4.69. The molecule has 32 heavy (non-hydrogen) atoms. The summed E-state index contributed by atoms with van der Waals surface area (Å²) < 4.78 is 7.80. The van der Waals surface area contributed by atoms with E-state index in [0.29, 0.717) is 34.0 Å². The molecular formula is C23H24Cl2N4O2S. The molecule has 0 saturated carbocycles. The summed E-state index contributed by atoms with van der Waals surface area (Å²) in [5, 5.41) is 13.3. The molecule has 0 atom stereocenters. The number of halogens is 2. The highest BCUT2D eigenvalue weighted by Crippen LogP contribution is 2.27. The Bertz CT molecular complexity index is 1120. The van der Waals surface area contributed by atoms with Crippen LogP contribution in [0, 0.1) is 20.8 Å². The van der Waals surface area contributed by atoms with Gasteiger partial charge in [-0.25, -0.2) is 0 Å². The highest BCUT2D eigenvalue weighted by molar-refractivity contribution is 7.99. The van der Waals surface area contributed by atoms with E-state index in [1.807, 2.05) is 43.5 Å². The zero-order valence-electron chi connectivity index (χ0n) is 18.1. The monoisotopic (exact) mass is 490 g/mol. The molecule has 1 amide bonds. The van der Waals surface area contributed by atoms with Gasteiger partial charge in [0.25, 0.3) is 0 Å². The molecule has 1 heterocycles. The Balaban J connectivity index is 1.65. The number of benzene rings is 2. The molecule has 2 aromatic carbocycles. The molecule has 3 rings (SSSR count). The van der Waals surface area contributed by atoms with Gasteiger partial charge in [-0.15, -0.1) is 16.8 Å². The maximum Gasteiger partial charge on any atom is 0.234 e. The first-order valence-corrected chi connectivity index (χ1v) is 11.6. The van der Waals surface area contributed by atoms with Gasteiger partial charge in [0.15, 0.2) is 11.0 Å². The van der Waals surface area contributed by atoms with Crippen molar-refractivity contribution in [2.24, 2.45) is 0 Å². The highest BCUT2D eigenvalue weighted by Gasteiger charge is 2.15. The zero-order chi connectivity index (χ0) is 23.3. The average Bonchev–Trinajstić information content (AvgIpc) is 3.13. The number of hydrogen-bond acceptors (Lipinski definition) is 5. The van der Waals surface area contributed by atoms with E-state index in [2.05, 4.69) is 22.1 Å². The lowest BCUT2D eigenvalue weighted by Crippen LogP contribution is -2.15. The topological polar surface area (TPSA) is 69.0 Å². The van der Waals surface area contributed by atoms with Crippen molar-refractivity contribution >= 4 is 46.6 Å². The van der Waals surface area contributed by atoms with Gasteiger partial charge in [0.1, 0.15) is 12.4 Å². The second-order valence-electron chi connectivity index (χ2n) is 7.25. The number of rotatable bonds is 9. The first-order valence-electron chi connectivity index (χ1n) is 9.89. The van der Waals surface area contributed by atoms with Crippen molar-refractivity contribution in [2.45, 2.75) is 39.1 Å². The van der Waals surface area contributed by atoms with Crippen molar-refractivity contribution in [1.29, 1.82) is 0 Å². The Morgan fingerprint density at radius 2 is 1.88 bits per heavy atom. The van der Waals surface area contributed by atoms with Crippen molar-refractivity contribution in [1.82, 2.24) is 14.8 Å². The van der Waals surface area contributed by atoms with Crippen molar-refractivity contribution in [3.05, 3.63) is 75.5 Å². The molecule has 1 N–H and O–H groups in total. The van der Waals surface area contributed by atoms with Gasteiger partial charge in [0.2, 0.25) is 5.91 Å². The zero-order valence-corrected chi connectivity index (χ0v) is 20.4. The van der Waals surface area contributed by atoms with E-state index in [4.69, 9.17) is 27.9 Å². The van der Waals surface area contributed by atoms with Gasteiger partial charge < -0.3 is 10.1 Å². The number of amides is 1. The van der Waals surface area contributed by atoms with Crippen LogP contribution in [0.3, 0.4) is 0 Å². The Morgan fingerprint density at radius 3 is 2.56 bits per heavy atom. The number of aryl methyl sites for hydroxylation is 3. The minimum absolute atomic E-state index is 0.154. The second-order valence-corrected chi connectivity index (χ2v) is 9.01. The fraction of sp³-hybridized carbons (Fsp3) is 0.261. The molecule has 0 aliphatic carbocycles. The van der Waals surface area contributed by atoms with Crippen molar-refractivity contribution in [3.63, 3.8) is 0 Å². The number of nitrogens with one attached hydrogen (secondary N) is 1. The minimum Gasteiger partial charge on any atom is -0.486 e. The molecule has 0 fully saturated rings. The van der Waals surface area contributed by atoms with Crippen LogP contribution in [0.15, 0.2) is 48.1 Å². The summed E-state index contributed by atoms with van der Waals surface area (Å²) in [5.41, 5.74) is 3.53.